The maximum Gasteiger partial charge on any atom is 0.333 e. The molecule has 3 saturated heterocycles. The van der Waals surface area contributed by atoms with Crippen LogP contribution in [0.1, 0.15) is 109 Å². The van der Waals surface area contributed by atoms with Crippen molar-refractivity contribution in [3.05, 3.63) is 88.1 Å². The monoisotopic (exact) mass is 1330 g/mol. The number of amides is 2. The van der Waals surface area contributed by atoms with E-state index in [1.807, 2.05) is 6.79 Å². The number of hydrogen-bond donors (Lipinski definition) is 6. The number of aromatic nitrogens is 4. The zero-order valence-electron chi connectivity index (χ0n) is 53.7. The zero-order valence-corrected chi connectivity index (χ0v) is 54.4. The van der Waals surface area contributed by atoms with Gasteiger partial charge in [0.25, 0.3) is 0 Å². The highest BCUT2D eigenvalue weighted by Gasteiger charge is 2.25. The molecular formula is C59H97ClN10O22. The van der Waals surface area contributed by atoms with Crippen LogP contribution in [0.4, 0.5) is 0 Å². The molecule has 5 heterocycles. The fourth-order valence-corrected chi connectivity index (χ4v) is 4.01. The Labute approximate surface area is 544 Å². The van der Waals surface area contributed by atoms with E-state index in [9.17, 15) is 47.9 Å². The lowest BCUT2D eigenvalue weighted by molar-refractivity contribution is -0.160. The highest BCUT2D eigenvalue weighted by Crippen LogP contribution is 2.21. The minimum absolute atomic E-state index is 0. The van der Waals surface area contributed by atoms with Gasteiger partial charge in [0.1, 0.15) is 44.9 Å². The fourth-order valence-electron chi connectivity index (χ4n) is 3.83. The number of ether oxygens (including phenoxy) is 11. The number of carbonyl (C=O) groups is 11. The van der Waals surface area contributed by atoms with Gasteiger partial charge in [-0.25, -0.2) is 19.6 Å². The molecule has 0 bridgehead atoms. The van der Waals surface area contributed by atoms with Crippen LogP contribution in [0, 0.1) is 21.6 Å². The van der Waals surface area contributed by atoms with E-state index in [2.05, 4.69) is 113 Å². The van der Waals surface area contributed by atoms with E-state index in [1.165, 1.54) is 121 Å². The van der Waals surface area contributed by atoms with Gasteiger partial charge in [-0.2, -0.15) is 0 Å². The summed E-state index contributed by atoms with van der Waals surface area (Å²) in [6, 6.07) is 0. The van der Waals surface area contributed by atoms with E-state index in [1.54, 1.807) is 0 Å². The van der Waals surface area contributed by atoms with Crippen molar-refractivity contribution >= 4 is 102 Å². The van der Waals surface area contributed by atoms with Gasteiger partial charge < -0.3 is 77.1 Å². The van der Waals surface area contributed by atoms with Crippen molar-refractivity contribution in [2.45, 2.75) is 118 Å². The Balaban J connectivity index is -0.000000143. The molecule has 2 aromatic rings. The highest BCUT2D eigenvalue weighted by atomic mass is 35.5. The summed E-state index contributed by atoms with van der Waals surface area (Å²) >= 11 is 5.27. The molecule has 0 aliphatic carbocycles. The zero-order chi connectivity index (χ0) is 71.2. The van der Waals surface area contributed by atoms with E-state index in [4.69, 9.17) is 52.2 Å². The number of carbonyl (C=O) groups excluding carboxylic acids is 11. The SMILES string of the molecule is C.C(CC1CO1)CC1CO1.C=CC(=O)NCNC(=O)C=C.C=CC(=O)OCOC(=O)C=C.C=O.CCC.CCC.COC(=N)CC(=N)OC.COC(=N)CC(=N)OC.COC(=O)CC(=O)OC.ClCC1CO1.O=C(CC(=O)n1ccnc1)n1ccnc1.O=CCC=O. The number of aldehydes is 2. The molecule has 0 saturated carbocycles. The van der Waals surface area contributed by atoms with Crippen molar-refractivity contribution < 1.29 is 105 Å². The Morgan fingerprint density at radius 3 is 1.07 bits per heavy atom. The minimum atomic E-state index is -0.637. The molecule has 92 heavy (non-hydrogen) atoms. The van der Waals surface area contributed by atoms with Crippen molar-refractivity contribution in [3.8, 4) is 0 Å². The van der Waals surface area contributed by atoms with Crippen molar-refractivity contribution in [1.82, 2.24) is 29.7 Å². The van der Waals surface area contributed by atoms with Crippen molar-refractivity contribution in [2.75, 3.05) is 81.8 Å². The van der Waals surface area contributed by atoms with Gasteiger partial charge in [-0.1, -0.05) is 74.3 Å². The van der Waals surface area contributed by atoms with E-state index >= 15 is 0 Å². The van der Waals surface area contributed by atoms with Gasteiger partial charge in [0.05, 0.1) is 113 Å². The van der Waals surface area contributed by atoms with Crippen LogP contribution >= 0.6 is 11.6 Å². The molecule has 3 atom stereocenters. The molecule has 3 unspecified atom stereocenters. The van der Waals surface area contributed by atoms with Gasteiger partial charge >= 0.3 is 23.9 Å². The first-order valence-corrected chi connectivity index (χ1v) is 27.5. The molecule has 2 aromatic heterocycles. The van der Waals surface area contributed by atoms with Crippen LogP contribution in [0.5, 0.6) is 0 Å². The number of methoxy groups -OCH3 is 6. The van der Waals surface area contributed by atoms with E-state index in [-0.39, 0.29) is 93.4 Å². The number of epoxide rings is 3. The molecule has 33 heteroatoms. The molecular weight excluding hydrogens is 1240 g/mol. The summed E-state index contributed by atoms with van der Waals surface area (Å²) in [6.07, 6.45) is 21.7. The largest absolute Gasteiger partial charge is 0.484 e. The summed E-state index contributed by atoms with van der Waals surface area (Å²) in [5.74, 6) is -2.87. The number of imidazole rings is 2. The third-order valence-electron chi connectivity index (χ3n) is 8.51. The Hall–Kier alpha value is -9.40. The highest BCUT2D eigenvalue weighted by molar-refractivity contribution is 6.18. The summed E-state index contributed by atoms with van der Waals surface area (Å²) in [4.78, 5) is 119. The molecule has 3 aliphatic heterocycles. The van der Waals surface area contributed by atoms with Crippen LogP contribution in [0.15, 0.2) is 88.1 Å². The Kier molecular flexibility index (Phi) is 79.6. The molecule has 3 fully saturated rings. The van der Waals surface area contributed by atoms with Crippen LogP contribution in [0.3, 0.4) is 0 Å². The van der Waals surface area contributed by atoms with Crippen LogP contribution in [0.2, 0.25) is 0 Å². The summed E-state index contributed by atoms with van der Waals surface area (Å²) in [5.41, 5.74) is 0. The second kappa shape index (κ2) is 74.1. The summed E-state index contributed by atoms with van der Waals surface area (Å²) in [5, 5.41) is 32.4. The van der Waals surface area contributed by atoms with Crippen LogP contribution in [0.25, 0.3) is 0 Å². The first-order chi connectivity index (χ1) is 43.4. The maximum atomic E-state index is 11.5. The summed E-state index contributed by atoms with van der Waals surface area (Å²) in [6.45, 7) is 25.8. The standard InChI is InChI=1S/C9H8N4O2.C7H10N2O2.C7H8O4.C7H12O2.2C5H10N2O2.C5H8O4.C3H5ClO.C3H4O2.2C3H8.CH2O.CH4/c14-8(12-3-1-10-6-12)5-9(15)13-4-2-11-7-13;1-3-6(10)8-5-9-7(11)4-2;1-3-6(8)10-5-11-7(9)4-2;1(2-6-4-8-6)3-7-5-9-7;3*1-8-4(6)3-5(7)9-2;4-1-3-2-5-3;4-2-1-3-5;2*1-3-2;1-2;/h1-4,6-7H,5H2;3-4H,1-2,5H2,(H,8,10)(H,9,11);3-4H,1-2,5H2;6-7H,1-5H2;2*6-7H,3H2,1-2H3;3H2,1-2H3;3H,1-2H2;2-3H,1H2;2*3H2,1-2H3;1H2;1H4. The number of halogens is 1. The van der Waals surface area contributed by atoms with Crippen LogP contribution in [-0.4, -0.2) is 210 Å². The molecule has 6 N–H and O–H groups in total. The lowest BCUT2D eigenvalue weighted by atomic mass is 10.2. The molecule has 32 nitrogen and oxygen atoms in total. The van der Waals surface area contributed by atoms with E-state index in [0.29, 0.717) is 36.8 Å². The number of nitrogens with zero attached hydrogens (tertiary/aromatic N) is 4. The lowest BCUT2D eigenvalue weighted by Gasteiger charge is -2.01. The Morgan fingerprint density at radius 1 is 0.554 bits per heavy atom. The lowest BCUT2D eigenvalue weighted by Crippen LogP contribution is -2.35. The number of esters is 4. The van der Waals surface area contributed by atoms with E-state index < -0.39 is 30.7 Å². The molecule has 2 amide bonds. The Bertz CT molecular complexity index is 2100. The second-order valence-corrected chi connectivity index (χ2v) is 16.5. The second-order valence-electron chi connectivity index (χ2n) is 16.2. The fraction of sp³-hybridized carbons (Fsp3) is 0.508. The molecule has 522 valence electrons. The van der Waals surface area contributed by atoms with Gasteiger partial charge in [-0.3, -0.25) is 59.5 Å². The first kappa shape index (κ1) is 98.8. The van der Waals surface area contributed by atoms with Crippen LogP contribution < -0.4 is 10.6 Å². The molecule has 3 aliphatic rings. The predicted octanol–water partition coefficient (Wildman–Crippen LogP) is 6.01. The quantitative estimate of drug-likeness (QED) is 0.00709. The maximum absolute atomic E-state index is 11.5. The third kappa shape index (κ3) is 80.6. The van der Waals surface area contributed by atoms with Crippen molar-refractivity contribution in [1.29, 1.82) is 21.6 Å². The minimum Gasteiger partial charge on any atom is -0.484 e. The normalized spacial score (nSPS) is 12.4. The van der Waals surface area contributed by atoms with Crippen molar-refractivity contribution in [3.63, 3.8) is 0 Å². The molecule has 0 spiro atoms. The number of alkyl halides is 1. The topological polar surface area (TPSA) is 454 Å². The van der Waals surface area contributed by atoms with E-state index in [0.717, 1.165) is 44.1 Å². The van der Waals surface area contributed by atoms with Crippen molar-refractivity contribution in [2.24, 2.45) is 0 Å². The summed E-state index contributed by atoms with van der Waals surface area (Å²) < 4.78 is 52.3. The Morgan fingerprint density at radius 2 is 0.870 bits per heavy atom. The van der Waals surface area contributed by atoms with Gasteiger partial charge in [-0.05, 0) is 31.4 Å². The first-order valence-electron chi connectivity index (χ1n) is 27.0. The third-order valence-corrected chi connectivity index (χ3v) is 8.86. The molecule has 0 radical (unpaired) electrons. The number of nitrogens with one attached hydrogen (secondary N) is 6. The average molecular weight is 1330 g/mol. The average Bonchev–Trinajstić information content (AvgIpc) is 2.89. The predicted molar refractivity (Wildman–Crippen MR) is 342 cm³/mol. The van der Waals surface area contributed by atoms with Gasteiger partial charge in [0.15, 0.2) is 23.6 Å². The summed E-state index contributed by atoms with van der Waals surface area (Å²) in [7, 11) is 8.00. The number of rotatable bonds is 23. The van der Waals surface area contributed by atoms with Crippen LogP contribution in [-0.2, 0) is 95.3 Å². The smallest absolute Gasteiger partial charge is 0.333 e. The van der Waals surface area contributed by atoms with Gasteiger partial charge in [0.2, 0.25) is 30.4 Å². The molecule has 5 rings (SSSR count). The van der Waals surface area contributed by atoms with Gasteiger partial charge in [0, 0.05) is 36.9 Å². The molecule has 0 aromatic carbocycles. The van der Waals surface area contributed by atoms with Gasteiger partial charge in [-0.15, -0.1) is 11.6 Å². The number of hydrogen-bond acceptors (Lipinski definition) is 28.